The normalized spacial score (nSPS) is 17.3. The van der Waals surface area contributed by atoms with E-state index < -0.39 is 0 Å². The second-order valence-corrected chi connectivity index (χ2v) is 5.15. The van der Waals surface area contributed by atoms with Crippen LogP contribution in [0.4, 0.5) is 0 Å². The predicted molar refractivity (Wildman–Crippen MR) is 63.2 cm³/mol. The van der Waals surface area contributed by atoms with E-state index in [1.54, 1.807) is 11.8 Å². The van der Waals surface area contributed by atoms with Gasteiger partial charge < -0.3 is 5.73 Å². The number of nitrogens with zero attached hydrogens (tertiary/aromatic N) is 1. The second-order valence-electron chi connectivity index (χ2n) is 4.16. The summed E-state index contributed by atoms with van der Waals surface area (Å²) in [5, 5.41) is 8.39. The summed E-state index contributed by atoms with van der Waals surface area (Å²) >= 11 is 1.77. The van der Waals surface area contributed by atoms with Gasteiger partial charge in [0.1, 0.15) is 0 Å². The maximum atomic E-state index is 7.33. The summed E-state index contributed by atoms with van der Waals surface area (Å²) in [7, 11) is 0. The molecule has 1 aromatic heterocycles. The minimum atomic E-state index is 0.300. The predicted octanol–water partition coefficient (Wildman–Crippen LogP) is 2.28. The molecule has 0 aliphatic heterocycles. The zero-order valence-electron chi connectivity index (χ0n) is 8.57. The minimum Gasteiger partial charge on any atom is -0.388 e. The fourth-order valence-corrected chi connectivity index (χ4v) is 2.77. The Kier molecular flexibility index (Phi) is 2.95. The molecule has 3 nitrogen and oxygen atoms in total. The van der Waals surface area contributed by atoms with Crippen LogP contribution in [0.25, 0.3) is 0 Å². The molecule has 0 unspecified atom stereocenters. The van der Waals surface area contributed by atoms with E-state index in [0.717, 1.165) is 17.2 Å². The first kappa shape index (κ1) is 10.5. The summed E-state index contributed by atoms with van der Waals surface area (Å²) < 4.78 is 0. The first-order valence-electron chi connectivity index (χ1n) is 5.07. The van der Waals surface area contributed by atoms with E-state index in [1.165, 1.54) is 12.8 Å². The zero-order valence-corrected chi connectivity index (χ0v) is 9.39. The SMILES string of the molecule is N=C(N)CC1(CSc2ccccn2)CC1. The summed E-state index contributed by atoms with van der Waals surface area (Å²) in [6.45, 7) is 0. The molecule has 1 heterocycles. The highest BCUT2D eigenvalue weighted by atomic mass is 32.2. The molecule has 0 amide bonds. The third-order valence-electron chi connectivity index (χ3n) is 2.69. The lowest BCUT2D eigenvalue weighted by Gasteiger charge is -2.12. The lowest BCUT2D eigenvalue weighted by Crippen LogP contribution is -2.18. The molecule has 0 saturated heterocycles. The van der Waals surface area contributed by atoms with Crippen molar-refractivity contribution >= 4 is 17.6 Å². The van der Waals surface area contributed by atoms with E-state index >= 15 is 0 Å². The molecule has 3 N–H and O–H groups in total. The molecule has 2 rings (SSSR count). The Bertz CT molecular complexity index is 346. The summed E-state index contributed by atoms with van der Waals surface area (Å²) in [6, 6.07) is 5.95. The summed E-state index contributed by atoms with van der Waals surface area (Å²) in [6.07, 6.45) is 4.96. The number of nitrogens with two attached hydrogens (primary N) is 1. The van der Waals surface area contributed by atoms with Crippen molar-refractivity contribution in [1.29, 1.82) is 5.41 Å². The highest BCUT2D eigenvalue weighted by molar-refractivity contribution is 7.99. The molecule has 0 radical (unpaired) electrons. The van der Waals surface area contributed by atoms with E-state index in [1.807, 2.05) is 24.4 Å². The van der Waals surface area contributed by atoms with Crippen LogP contribution in [0, 0.1) is 10.8 Å². The van der Waals surface area contributed by atoms with Crippen LogP contribution < -0.4 is 5.73 Å². The van der Waals surface area contributed by atoms with Gasteiger partial charge >= 0.3 is 0 Å². The number of hydrogen-bond donors (Lipinski definition) is 2. The maximum absolute atomic E-state index is 7.33. The van der Waals surface area contributed by atoms with Crippen molar-refractivity contribution in [2.45, 2.75) is 24.3 Å². The number of thioether (sulfide) groups is 1. The van der Waals surface area contributed by atoms with Gasteiger partial charge in [-0.1, -0.05) is 6.07 Å². The van der Waals surface area contributed by atoms with Crippen LogP contribution in [-0.2, 0) is 0 Å². The van der Waals surface area contributed by atoms with E-state index in [4.69, 9.17) is 11.1 Å². The number of rotatable bonds is 5. The highest BCUT2D eigenvalue weighted by Crippen LogP contribution is 2.51. The second kappa shape index (κ2) is 4.23. The fourth-order valence-electron chi connectivity index (χ4n) is 1.61. The van der Waals surface area contributed by atoms with Crippen molar-refractivity contribution in [3.8, 4) is 0 Å². The van der Waals surface area contributed by atoms with Gasteiger partial charge in [0.05, 0.1) is 10.9 Å². The van der Waals surface area contributed by atoms with E-state index in [0.29, 0.717) is 11.3 Å². The van der Waals surface area contributed by atoms with Crippen molar-refractivity contribution in [2.24, 2.45) is 11.1 Å². The summed E-state index contributed by atoms with van der Waals surface area (Å²) in [4.78, 5) is 4.27. The van der Waals surface area contributed by atoms with Gasteiger partial charge in [-0.15, -0.1) is 11.8 Å². The van der Waals surface area contributed by atoms with E-state index in [2.05, 4.69) is 4.98 Å². The summed E-state index contributed by atoms with van der Waals surface area (Å²) in [5.41, 5.74) is 5.75. The van der Waals surface area contributed by atoms with Gasteiger partial charge in [-0.2, -0.15) is 0 Å². The third kappa shape index (κ3) is 2.96. The minimum absolute atomic E-state index is 0.300. The Morgan fingerprint density at radius 3 is 2.87 bits per heavy atom. The molecular formula is C11H15N3S. The maximum Gasteiger partial charge on any atom is 0.0959 e. The van der Waals surface area contributed by atoms with Crippen molar-refractivity contribution in [3.63, 3.8) is 0 Å². The highest BCUT2D eigenvalue weighted by Gasteiger charge is 2.42. The summed E-state index contributed by atoms with van der Waals surface area (Å²) in [5.74, 6) is 1.35. The first-order valence-corrected chi connectivity index (χ1v) is 6.06. The quantitative estimate of drug-likeness (QED) is 0.455. The molecule has 1 aliphatic carbocycles. The van der Waals surface area contributed by atoms with Crippen LogP contribution in [0.2, 0.25) is 0 Å². The molecule has 80 valence electrons. The van der Waals surface area contributed by atoms with Crippen LogP contribution in [0.1, 0.15) is 19.3 Å². The smallest absolute Gasteiger partial charge is 0.0959 e. The number of pyridine rings is 1. The number of hydrogen-bond acceptors (Lipinski definition) is 3. The standard InChI is InChI=1S/C11H15N3S/c12-9(13)7-11(4-5-11)8-15-10-3-1-2-6-14-10/h1-3,6H,4-5,7-8H2,(H3,12,13). The lowest BCUT2D eigenvalue weighted by atomic mass is 10.1. The topological polar surface area (TPSA) is 62.8 Å². The Balaban J connectivity index is 1.86. The first-order chi connectivity index (χ1) is 7.20. The van der Waals surface area contributed by atoms with Gasteiger partial charge in [0.15, 0.2) is 0 Å². The lowest BCUT2D eigenvalue weighted by molar-refractivity contribution is 0.611. The van der Waals surface area contributed by atoms with Crippen molar-refractivity contribution in [3.05, 3.63) is 24.4 Å². The molecule has 0 atom stereocenters. The molecule has 15 heavy (non-hydrogen) atoms. The Morgan fingerprint density at radius 1 is 1.53 bits per heavy atom. The molecular weight excluding hydrogens is 206 g/mol. The van der Waals surface area contributed by atoms with Crippen LogP contribution in [-0.4, -0.2) is 16.6 Å². The Labute approximate surface area is 94.0 Å². The van der Waals surface area contributed by atoms with Crippen LogP contribution in [0.5, 0.6) is 0 Å². The van der Waals surface area contributed by atoms with Crippen LogP contribution >= 0.6 is 11.8 Å². The average molecular weight is 221 g/mol. The van der Waals surface area contributed by atoms with Crippen molar-refractivity contribution < 1.29 is 0 Å². The van der Waals surface area contributed by atoms with Gasteiger partial charge in [-0.3, -0.25) is 5.41 Å². The van der Waals surface area contributed by atoms with E-state index in [9.17, 15) is 0 Å². The number of aromatic nitrogens is 1. The van der Waals surface area contributed by atoms with E-state index in [-0.39, 0.29) is 0 Å². The molecule has 1 aromatic rings. The van der Waals surface area contributed by atoms with Gasteiger partial charge in [0.2, 0.25) is 0 Å². The number of nitrogens with one attached hydrogen (secondary N) is 1. The number of amidine groups is 1. The molecule has 0 bridgehead atoms. The van der Waals surface area contributed by atoms with Crippen LogP contribution in [0.3, 0.4) is 0 Å². The third-order valence-corrected chi connectivity index (χ3v) is 3.98. The molecule has 1 saturated carbocycles. The van der Waals surface area contributed by atoms with Gasteiger partial charge in [-0.05, 0) is 30.4 Å². The van der Waals surface area contributed by atoms with Crippen molar-refractivity contribution in [1.82, 2.24) is 4.98 Å². The monoisotopic (exact) mass is 221 g/mol. The van der Waals surface area contributed by atoms with Gasteiger partial charge in [0, 0.05) is 18.4 Å². The largest absolute Gasteiger partial charge is 0.388 e. The average Bonchev–Trinajstić information content (AvgIpc) is 2.96. The molecule has 1 aliphatic rings. The zero-order chi connectivity index (χ0) is 10.7. The molecule has 0 spiro atoms. The molecule has 4 heteroatoms. The molecule has 0 aromatic carbocycles. The molecule has 1 fully saturated rings. The van der Waals surface area contributed by atoms with Gasteiger partial charge in [0.25, 0.3) is 0 Å². The van der Waals surface area contributed by atoms with Crippen molar-refractivity contribution in [2.75, 3.05) is 5.75 Å². The van der Waals surface area contributed by atoms with Gasteiger partial charge in [-0.25, -0.2) is 4.98 Å². The fraction of sp³-hybridized carbons (Fsp3) is 0.455. The van der Waals surface area contributed by atoms with Crippen LogP contribution in [0.15, 0.2) is 29.4 Å². The Hall–Kier alpha value is -1.03. The Morgan fingerprint density at radius 2 is 2.33 bits per heavy atom.